The molecule has 1 atom stereocenters. The number of hydrogen-bond acceptors (Lipinski definition) is 3. The minimum absolute atomic E-state index is 0.0713. The molecule has 0 amide bonds. The standard InChI is InChI=1S/C17H17ClN2O/c1-11-3-2-4-13-10-16(21-17(11)13)15(20-19)9-12-5-7-14(18)8-6-12/h2-8,10,15,20H,9,19H2,1H3. The van der Waals surface area contributed by atoms with Gasteiger partial charge in [-0.3, -0.25) is 5.84 Å². The van der Waals surface area contributed by atoms with E-state index in [9.17, 15) is 0 Å². The summed E-state index contributed by atoms with van der Waals surface area (Å²) in [5.74, 6) is 6.55. The molecule has 3 aromatic rings. The summed E-state index contributed by atoms with van der Waals surface area (Å²) in [6.07, 6.45) is 0.743. The van der Waals surface area contributed by atoms with Crippen LogP contribution in [0.5, 0.6) is 0 Å². The van der Waals surface area contributed by atoms with E-state index >= 15 is 0 Å². The van der Waals surface area contributed by atoms with Crippen LogP contribution < -0.4 is 11.3 Å². The molecule has 0 aliphatic heterocycles. The van der Waals surface area contributed by atoms with Crippen molar-refractivity contribution in [1.29, 1.82) is 0 Å². The molecule has 1 heterocycles. The Kier molecular flexibility index (Phi) is 3.97. The van der Waals surface area contributed by atoms with Crippen LogP contribution in [0.1, 0.15) is 22.9 Å². The molecule has 108 valence electrons. The molecule has 0 radical (unpaired) electrons. The first kappa shape index (κ1) is 14.1. The van der Waals surface area contributed by atoms with Crippen molar-refractivity contribution < 1.29 is 4.42 Å². The lowest BCUT2D eigenvalue weighted by atomic mass is 10.0. The zero-order valence-corrected chi connectivity index (χ0v) is 12.5. The maximum Gasteiger partial charge on any atom is 0.137 e. The van der Waals surface area contributed by atoms with Crippen molar-refractivity contribution in [3.05, 3.63) is 70.4 Å². The molecule has 2 aromatic carbocycles. The van der Waals surface area contributed by atoms with Crippen molar-refractivity contribution in [2.75, 3.05) is 0 Å². The fourth-order valence-corrected chi connectivity index (χ4v) is 2.62. The van der Waals surface area contributed by atoms with E-state index in [-0.39, 0.29) is 6.04 Å². The van der Waals surface area contributed by atoms with Crippen LogP contribution in [0, 0.1) is 6.92 Å². The van der Waals surface area contributed by atoms with Crippen LogP contribution in [0.25, 0.3) is 11.0 Å². The molecule has 21 heavy (non-hydrogen) atoms. The molecule has 4 heteroatoms. The molecule has 1 aromatic heterocycles. The van der Waals surface area contributed by atoms with Gasteiger partial charge in [-0.15, -0.1) is 0 Å². The normalized spacial score (nSPS) is 12.7. The highest BCUT2D eigenvalue weighted by Crippen LogP contribution is 2.28. The van der Waals surface area contributed by atoms with E-state index in [0.29, 0.717) is 0 Å². The maximum atomic E-state index is 5.98. The number of fused-ring (bicyclic) bond motifs is 1. The van der Waals surface area contributed by atoms with Crippen molar-refractivity contribution >= 4 is 22.6 Å². The first-order valence-corrected chi connectivity index (χ1v) is 7.25. The lowest BCUT2D eigenvalue weighted by molar-refractivity contribution is 0.434. The number of nitrogens with one attached hydrogen (secondary N) is 1. The van der Waals surface area contributed by atoms with Crippen LogP contribution in [0.4, 0.5) is 0 Å². The first-order chi connectivity index (χ1) is 10.2. The molecule has 3 N–H and O–H groups in total. The molecule has 1 unspecified atom stereocenters. The summed E-state index contributed by atoms with van der Waals surface area (Å²) in [7, 11) is 0. The van der Waals surface area contributed by atoms with Gasteiger partial charge in [-0.25, -0.2) is 5.43 Å². The van der Waals surface area contributed by atoms with E-state index in [4.69, 9.17) is 21.9 Å². The third-order valence-electron chi connectivity index (χ3n) is 3.66. The lowest BCUT2D eigenvalue weighted by Gasteiger charge is -2.13. The number of rotatable bonds is 4. The van der Waals surface area contributed by atoms with Gasteiger partial charge in [0.05, 0.1) is 6.04 Å². The number of hydrogen-bond donors (Lipinski definition) is 2. The van der Waals surface area contributed by atoms with E-state index in [1.54, 1.807) is 0 Å². The number of para-hydroxylation sites is 1. The summed E-state index contributed by atoms with van der Waals surface area (Å²) < 4.78 is 5.98. The number of hydrazine groups is 1. The van der Waals surface area contributed by atoms with E-state index in [2.05, 4.69) is 5.43 Å². The molecule has 0 fully saturated rings. The molecule has 0 saturated carbocycles. The third kappa shape index (κ3) is 2.95. The third-order valence-corrected chi connectivity index (χ3v) is 3.91. The fraction of sp³-hybridized carbons (Fsp3) is 0.176. The van der Waals surface area contributed by atoms with Crippen molar-refractivity contribution in [2.45, 2.75) is 19.4 Å². The van der Waals surface area contributed by atoms with Crippen LogP contribution in [0.3, 0.4) is 0 Å². The van der Waals surface area contributed by atoms with E-state index < -0.39 is 0 Å². The number of furan rings is 1. The number of nitrogens with two attached hydrogens (primary N) is 1. The van der Waals surface area contributed by atoms with E-state index in [1.165, 1.54) is 0 Å². The average Bonchev–Trinajstić information content (AvgIpc) is 2.92. The van der Waals surface area contributed by atoms with Crippen molar-refractivity contribution in [1.82, 2.24) is 5.43 Å². The van der Waals surface area contributed by atoms with Gasteiger partial charge in [0, 0.05) is 10.4 Å². The van der Waals surface area contributed by atoms with Gasteiger partial charge in [-0.2, -0.15) is 0 Å². The zero-order valence-electron chi connectivity index (χ0n) is 11.8. The zero-order chi connectivity index (χ0) is 14.8. The largest absolute Gasteiger partial charge is 0.459 e. The Hall–Kier alpha value is -1.81. The van der Waals surface area contributed by atoms with Gasteiger partial charge >= 0.3 is 0 Å². The highest BCUT2D eigenvalue weighted by atomic mass is 35.5. The monoisotopic (exact) mass is 300 g/mol. The molecular formula is C17H17ClN2O. The van der Waals surface area contributed by atoms with Crippen LogP contribution in [0.2, 0.25) is 5.02 Å². The Bertz CT molecular complexity index is 749. The second-order valence-electron chi connectivity index (χ2n) is 5.19. The molecular weight excluding hydrogens is 284 g/mol. The molecule has 3 rings (SSSR count). The maximum absolute atomic E-state index is 5.98. The highest BCUT2D eigenvalue weighted by Gasteiger charge is 2.16. The minimum Gasteiger partial charge on any atom is -0.459 e. The smallest absolute Gasteiger partial charge is 0.137 e. The van der Waals surface area contributed by atoms with E-state index in [1.807, 2.05) is 55.5 Å². The number of halogens is 1. The van der Waals surface area contributed by atoms with E-state index in [0.717, 1.165) is 39.3 Å². The molecule has 3 nitrogen and oxygen atoms in total. The first-order valence-electron chi connectivity index (χ1n) is 6.87. The number of aryl methyl sites for hydroxylation is 1. The summed E-state index contributed by atoms with van der Waals surface area (Å²) in [5, 5.41) is 1.83. The summed E-state index contributed by atoms with van der Waals surface area (Å²) in [6.45, 7) is 2.04. The van der Waals surface area contributed by atoms with Crippen LogP contribution in [-0.2, 0) is 6.42 Å². The van der Waals surface area contributed by atoms with Gasteiger partial charge in [0.15, 0.2) is 0 Å². The molecule has 0 saturated heterocycles. The lowest BCUT2D eigenvalue weighted by Crippen LogP contribution is -2.29. The highest BCUT2D eigenvalue weighted by molar-refractivity contribution is 6.30. The Morgan fingerprint density at radius 1 is 1.19 bits per heavy atom. The summed E-state index contributed by atoms with van der Waals surface area (Å²) in [6, 6.07) is 15.9. The SMILES string of the molecule is Cc1cccc2cc(C(Cc3ccc(Cl)cc3)NN)oc12. The van der Waals surface area contributed by atoms with Crippen LogP contribution in [0.15, 0.2) is 52.9 Å². The van der Waals surface area contributed by atoms with Gasteiger partial charge in [-0.1, -0.05) is 41.9 Å². The van der Waals surface area contributed by atoms with Crippen molar-refractivity contribution in [3.8, 4) is 0 Å². The van der Waals surface area contributed by atoms with Crippen LogP contribution in [-0.4, -0.2) is 0 Å². The predicted octanol–water partition coefficient (Wildman–Crippen LogP) is 4.14. The molecule has 0 spiro atoms. The fourth-order valence-electron chi connectivity index (χ4n) is 2.50. The Labute approximate surface area is 128 Å². The van der Waals surface area contributed by atoms with Crippen LogP contribution >= 0.6 is 11.6 Å². The Morgan fingerprint density at radius 3 is 2.62 bits per heavy atom. The summed E-state index contributed by atoms with van der Waals surface area (Å²) in [4.78, 5) is 0. The Morgan fingerprint density at radius 2 is 1.95 bits per heavy atom. The number of benzene rings is 2. The van der Waals surface area contributed by atoms with Gasteiger partial charge in [0.25, 0.3) is 0 Å². The minimum atomic E-state index is -0.0713. The van der Waals surface area contributed by atoms with Gasteiger partial charge < -0.3 is 4.42 Å². The summed E-state index contributed by atoms with van der Waals surface area (Å²) in [5.41, 5.74) is 6.03. The second kappa shape index (κ2) is 5.90. The van der Waals surface area contributed by atoms with Gasteiger partial charge in [0.2, 0.25) is 0 Å². The molecule has 0 bridgehead atoms. The second-order valence-corrected chi connectivity index (χ2v) is 5.63. The average molecular weight is 301 g/mol. The molecule has 0 aliphatic rings. The van der Waals surface area contributed by atoms with Crippen molar-refractivity contribution in [2.24, 2.45) is 5.84 Å². The van der Waals surface area contributed by atoms with Gasteiger partial charge in [0.1, 0.15) is 11.3 Å². The summed E-state index contributed by atoms with van der Waals surface area (Å²) >= 11 is 5.91. The topological polar surface area (TPSA) is 51.2 Å². The predicted molar refractivity (Wildman–Crippen MR) is 86.2 cm³/mol. The Balaban J connectivity index is 1.90. The van der Waals surface area contributed by atoms with Gasteiger partial charge in [-0.05, 0) is 42.7 Å². The quantitative estimate of drug-likeness (QED) is 0.562. The molecule has 0 aliphatic carbocycles. The van der Waals surface area contributed by atoms with Crippen molar-refractivity contribution in [3.63, 3.8) is 0 Å².